The van der Waals surface area contributed by atoms with E-state index in [1.165, 1.54) is 12.8 Å². The zero-order chi connectivity index (χ0) is 8.85. The van der Waals surface area contributed by atoms with Crippen LogP contribution in [-0.4, -0.2) is 16.4 Å². The van der Waals surface area contributed by atoms with Crippen molar-refractivity contribution in [3.05, 3.63) is 11.1 Å². The Morgan fingerprint density at radius 3 is 2.00 bits per heavy atom. The van der Waals surface area contributed by atoms with E-state index in [2.05, 4.69) is 0 Å². The molecular weight excluding hydrogens is 168 g/mol. The van der Waals surface area contributed by atoms with E-state index in [1.54, 1.807) is 0 Å². The second-order valence-electron chi connectivity index (χ2n) is 2.23. The van der Waals surface area contributed by atoms with Gasteiger partial charge in [0.25, 0.3) is 0 Å². The summed E-state index contributed by atoms with van der Waals surface area (Å²) >= 11 is 5.72. The Morgan fingerprint density at radius 2 is 1.91 bits per heavy atom. The molecule has 0 spiro atoms. The number of carboxylic acid groups (broad SMARTS) is 2. The van der Waals surface area contributed by atoms with Crippen LogP contribution in [-0.2, 0) is 0 Å². The Labute approximate surface area is 70.3 Å². The molecule has 1 aliphatic rings. The van der Waals surface area contributed by atoms with Crippen LogP contribution in [0.15, 0.2) is 11.1 Å². The lowest BCUT2D eigenvalue weighted by atomic mass is 10.4. The Bertz CT molecular complexity index is 157. The van der Waals surface area contributed by atoms with Gasteiger partial charge in [-0.25, -0.2) is 4.79 Å². The van der Waals surface area contributed by atoms with E-state index in [1.807, 2.05) is 13.0 Å². The van der Waals surface area contributed by atoms with E-state index in [0.717, 1.165) is 11.0 Å². The van der Waals surface area contributed by atoms with Crippen LogP contribution in [0, 0.1) is 5.92 Å². The molecule has 0 heterocycles. The highest BCUT2D eigenvalue weighted by Crippen LogP contribution is 2.38. The average molecular weight is 179 g/mol. The standard InChI is InChI=1S/C6H9Cl.CH2O3/c1-2-6(7)5-3-4-5;2-1(3)4/h2,5H,3-4H2,1H3;(H2,2,3,4). The largest absolute Gasteiger partial charge is 0.503 e. The maximum absolute atomic E-state index is 8.56. The molecule has 3 nitrogen and oxygen atoms in total. The molecule has 0 aromatic heterocycles. The molecule has 0 aromatic rings. The third kappa shape index (κ3) is 7.19. The Balaban J connectivity index is 0.000000218. The van der Waals surface area contributed by atoms with E-state index < -0.39 is 6.16 Å². The van der Waals surface area contributed by atoms with Crippen molar-refractivity contribution in [3.63, 3.8) is 0 Å². The number of carbonyl (C=O) groups is 1. The molecule has 1 aliphatic carbocycles. The fraction of sp³-hybridized carbons (Fsp3) is 0.571. The van der Waals surface area contributed by atoms with Gasteiger partial charge in [0.15, 0.2) is 0 Å². The minimum Gasteiger partial charge on any atom is -0.450 e. The number of rotatable bonds is 1. The predicted molar refractivity (Wildman–Crippen MR) is 43.0 cm³/mol. The van der Waals surface area contributed by atoms with Gasteiger partial charge in [-0.2, -0.15) is 0 Å². The summed E-state index contributed by atoms with van der Waals surface area (Å²) in [5.41, 5.74) is 0. The van der Waals surface area contributed by atoms with Gasteiger partial charge in [-0.15, -0.1) is 0 Å². The fourth-order valence-corrected chi connectivity index (χ4v) is 0.813. The first kappa shape index (κ1) is 10.3. The van der Waals surface area contributed by atoms with Crippen molar-refractivity contribution in [2.24, 2.45) is 5.92 Å². The van der Waals surface area contributed by atoms with Crippen LogP contribution in [0.2, 0.25) is 0 Å². The Morgan fingerprint density at radius 1 is 1.55 bits per heavy atom. The van der Waals surface area contributed by atoms with Crippen LogP contribution in [0.25, 0.3) is 0 Å². The summed E-state index contributed by atoms with van der Waals surface area (Å²) in [5, 5.41) is 15.0. The molecule has 1 saturated carbocycles. The highest BCUT2D eigenvalue weighted by molar-refractivity contribution is 6.30. The van der Waals surface area contributed by atoms with Crippen molar-refractivity contribution < 1.29 is 15.0 Å². The molecule has 0 radical (unpaired) electrons. The van der Waals surface area contributed by atoms with E-state index in [9.17, 15) is 0 Å². The first-order chi connectivity index (χ1) is 5.07. The number of halogens is 1. The predicted octanol–water partition coefficient (Wildman–Crippen LogP) is 2.76. The molecule has 2 N–H and O–H groups in total. The summed E-state index contributed by atoms with van der Waals surface area (Å²) in [5.74, 6) is 0.742. The molecule has 4 heteroatoms. The Kier molecular flexibility index (Phi) is 4.70. The second kappa shape index (κ2) is 5.02. The fourth-order valence-electron chi connectivity index (χ4n) is 0.595. The molecule has 0 unspecified atom stereocenters. The maximum atomic E-state index is 8.56. The average Bonchev–Trinajstić information content (AvgIpc) is 2.66. The zero-order valence-electron chi connectivity index (χ0n) is 6.25. The second-order valence-corrected chi connectivity index (χ2v) is 2.67. The Hall–Kier alpha value is -0.700. The van der Waals surface area contributed by atoms with Gasteiger partial charge in [-0.3, -0.25) is 0 Å². The molecule has 11 heavy (non-hydrogen) atoms. The van der Waals surface area contributed by atoms with Crippen LogP contribution in [0.5, 0.6) is 0 Å². The van der Waals surface area contributed by atoms with Crippen LogP contribution in [0.1, 0.15) is 19.8 Å². The molecule has 0 amide bonds. The number of hydrogen-bond acceptors (Lipinski definition) is 1. The molecule has 0 bridgehead atoms. The molecule has 64 valence electrons. The quantitative estimate of drug-likeness (QED) is 0.649. The van der Waals surface area contributed by atoms with Gasteiger partial charge in [0.05, 0.1) is 0 Å². The summed E-state index contributed by atoms with van der Waals surface area (Å²) in [6.07, 6.45) is 2.77. The van der Waals surface area contributed by atoms with Gasteiger partial charge in [0.1, 0.15) is 0 Å². The normalized spacial score (nSPS) is 16.7. The van der Waals surface area contributed by atoms with Crippen molar-refractivity contribution in [1.29, 1.82) is 0 Å². The summed E-state index contributed by atoms with van der Waals surface area (Å²) in [6.45, 7) is 1.99. The van der Waals surface area contributed by atoms with Crippen molar-refractivity contribution in [3.8, 4) is 0 Å². The molecular formula is C7H11ClO3. The van der Waals surface area contributed by atoms with Gasteiger partial charge < -0.3 is 10.2 Å². The van der Waals surface area contributed by atoms with Gasteiger partial charge in [0.2, 0.25) is 0 Å². The lowest BCUT2D eigenvalue weighted by molar-refractivity contribution is 0.137. The number of allylic oxidation sites excluding steroid dienone is 2. The first-order valence-corrected chi connectivity index (χ1v) is 3.69. The highest BCUT2D eigenvalue weighted by atomic mass is 35.5. The van der Waals surface area contributed by atoms with Crippen molar-refractivity contribution in [1.82, 2.24) is 0 Å². The third-order valence-corrected chi connectivity index (χ3v) is 1.77. The lowest BCUT2D eigenvalue weighted by Gasteiger charge is -1.85. The van der Waals surface area contributed by atoms with Crippen molar-refractivity contribution in [2.75, 3.05) is 0 Å². The minimum atomic E-state index is -1.83. The maximum Gasteiger partial charge on any atom is 0.503 e. The van der Waals surface area contributed by atoms with Gasteiger partial charge >= 0.3 is 6.16 Å². The monoisotopic (exact) mass is 178 g/mol. The molecule has 0 atom stereocenters. The van der Waals surface area contributed by atoms with Crippen LogP contribution in [0.3, 0.4) is 0 Å². The van der Waals surface area contributed by atoms with Crippen molar-refractivity contribution in [2.45, 2.75) is 19.8 Å². The highest BCUT2D eigenvalue weighted by Gasteiger charge is 2.23. The van der Waals surface area contributed by atoms with Gasteiger partial charge in [0, 0.05) is 5.03 Å². The van der Waals surface area contributed by atoms with Crippen LogP contribution < -0.4 is 0 Å². The van der Waals surface area contributed by atoms with E-state index in [4.69, 9.17) is 26.6 Å². The molecule has 0 aromatic carbocycles. The SMILES string of the molecule is CC=C(Cl)C1CC1.O=C(O)O. The number of hydrogen-bond donors (Lipinski definition) is 2. The summed E-state index contributed by atoms with van der Waals surface area (Å²) in [4.78, 5) is 8.56. The molecule has 0 aliphatic heterocycles. The van der Waals surface area contributed by atoms with Crippen LogP contribution in [0.4, 0.5) is 4.79 Å². The third-order valence-electron chi connectivity index (χ3n) is 1.24. The van der Waals surface area contributed by atoms with Crippen molar-refractivity contribution >= 4 is 17.8 Å². The lowest BCUT2D eigenvalue weighted by Crippen LogP contribution is -1.81. The zero-order valence-corrected chi connectivity index (χ0v) is 7.01. The molecule has 1 fully saturated rings. The summed E-state index contributed by atoms with van der Waals surface area (Å²) in [6, 6.07) is 0. The van der Waals surface area contributed by atoms with E-state index in [0.29, 0.717) is 0 Å². The smallest absolute Gasteiger partial charge is 0.450 e. The van der Waals surface area contributed by atoms with Gasteiger partial charge in [-0.05, 0) is 25.7 Å². The van der Waals surface area contributed by atoms with E-state index in [-0.39, 0.29) is 0 Å². The van der Waals surface area contributed by atoms with E-state index >= 15 is 0 Å². The van der Waals surface area contributed by atoms with Gasteiger partial charge in [-0.1, -0.05) is 17.7 Å². The summed E-state index contributed by atoms with van der Waals surface area (Å²) in [7, 11) is 0. The topological polar surface area (TPSA) is 57.5 Å². The molecule has 1 rings (SSSR count). The molecule has 0 saturated heterocycles. The first-order valence-electron chi connectivity index (χ1n) is 3.31. The van der Waals surface area contributed by atoms with Crippen LogP contribution >= 0.6 is 11.6 Å². The summed E-state index contributed by atoms with van der Waals surface area (Å²) < 4.78 is 0. The minimum absolute atomic E-state index is 0.742.